The van der Waals surface area contributed by atoms with Gasteiger partial charge in [0.2, 0.25) is 5.82 Å². The number of rotatable bonds is 3. The van der Waals surface area contributed by atoms with E-state index >= 15 is 0 Å². The second kappa shape index (κ2) is 3.86. The summed E-state index contributed by atoms with van der Waals surface area (Å²) in [5.74, 6) is -0.293. The van der Waals surface area contributed by atoms with Crippen LogP contribution in [0.4, 0.5) is 11.5 Å². The summed E-state index contributed by atoms with van der Waals surface area (Å²) in [6, 6.07) is 0. The zero-order valence-electron chi connectivity index (χ0n) is 7.80. The van der Waals surface area contributed by atoms with E-state index < -0.39 is 4.92 Å². The zero-order valence-corrected chi connectivity index (χ0v) is 7.80. The molecule has 1 heterocycles. The molecule has 0 spiro atoms. The normalized spacial score (nSPS) is 10.2. The zero-order chi connectivity index (χ0) is 10.7. The third-order valence-electron chi connectivity index (χ3n) is 1.35. The molecule has 7 heteroatoms. The van der Waals surface area contributed by atoms with E-state index in [0.717, 1.165) is 6.33 Å². The molecule has 76 valence electrons. The van der Waals surface area contributed by atoms with Gasteiger partial charge in [-0.15, -0.1) is 0 Å². The maximum atomic E-state index is 10.6. The van der Waals surface area contributed by atoms with Crippen molar-refractivity contribution in [1.29, 1.82) is 0 Å². The molecule has 0 aliphatic rings. The largest absolute Gasteiger partial charge is 0.470 e. The van der Waals surface area contributed by atoms with Crippen LogP contribution in [0.15, 0.2) is 6.33 Å². The fourth-order valence-electron chi connectivity index (χ4n) is 0.856. The van der Waals surface area contributed by atoms with Crippen LogP contribution in [0.2, 0.25) is 0 Å². The number of nitro groups is 1. The maximum absolute atomic E-state index is 10.6. The number of anilines is 1. The molecule has 0 aliphatic carbocycles. The maximum Gasteiger partial charge on any atom is 0.372 e. The summed E-state index contributed by atoms with van der Waals surface area (Å²) in [7, 11) is 0. The van der Waals surface area contributed by atoms with Gasteiger partial charge in [0.05, 0.1) is 11.0 Å². The minimum absolute atomic E-state index is 0.0995. The van der Waals surface area contributed by atoms with E-state index in [1.165, 1.54) is 0 Å². The van der Waals surface area contributed by atoms with Gasteiger partial charge in [0, 0.05) is 0 Å². The van der Waals surface area contributed by atoms with Crippen LogP contribution in [-0.4, -0.2) is 21.0 Å². The van der Waals surface area contributed by atoms with Crippen LogP contribution in [0.3, 0.4) is 0 Å². The molecule has 0 amide bonds. The van der Waals surface area contributed by atoms with Crippen LogP contribution in [0.25, 0.3) is 0 Å². The van der Waals surface area contributed by atoms with E-state index in [9.17, 15) is 10.1 Å². The Hall–Kier alpha value is -1.92. The number of aromatic nitrogens is 2. The number of nitrogens with two attached hydrogens (primary N) is 1. The molecular formula is C7H10N4O3. The average molecular weight is 198 g/mol. The Kier molecular flexibility index (Phi) is 2.80. The first-order chi connectivity index (χ1) is 6.52. The summed E-state index contributed by atoms with van der Waals surface area (Å²) in [4.78, 5) is 17.1. The summed E-state index contributed by atoms with van der Waals surface area (Å²) in [5, 5.41) is 10.6. The molecule has 0 fully saturated rings. The monoisotopic (exact) mass is 198 g/mol. The first-order valence-electron chi connectivity index (χ1n) is 3.94. The van der Waals surface area contributed by atoms with Gasteiger partial charge in [0.1, 0.15) is 6.33 Å². The number of nitrogen functional groups attached to an aromatic ring is 1. The van der Waals surface area contributed by atoms with Crippen molar-refractivity contribution in [2.75, 3.05) is 5.73 Å². The minimum atomic E-state index is -0.660. The molecule has 1 aromatic rings. The van der Waals surface area contributed by atoms with Crippen LogP contribution in [0.1, 0.15) is 13.8 Å². The van der Waals surface area contributed by atoms with Gasteiger partial charge in [-0.2, -0.15) is 4.98 Å². The highest BCUT2D eigenvalue weighted by molar-refractivity contribution is 5.57. The van der Waals surface area contributed by atoms with Gasteiger partial charge in [-0.3, -0.25) is 10.1 Å². The number of hydrogen-bond acceptors (Lipinski definition) is 6. The lowest BCUT2D eigenvalue weighted by Crippen LogP contribution is -2.10. The van der Waals surface area contributed by atoms with Crippen molar-refractivity contribution in [2.45, 2.75) is 20.0 Å². The van der Waals surface area contributed by atoms with E-state index in [1.807, 2.05) is 0 Å². The van der Waals surface area contributed by atoms with E-state index in [0.29, 0.717) is 0 Å². The summed E-state index contributed by atoms with van der Waals surface area (Å²) >= 11 is 0. The van der Waals surface area contributed by atoms with Gasteiger partial charge >= 0.3 is 5.69 Å². The fraction of sp³-hybridized carbons (Fsp3) is 0.429. The van der Waals surface area contributed by atoms with Gasteiger partial charge in [0.25, 0.3) is 5.88 Å². The number of hydrogen-bond donors (Lipinski definition) is 1. The average Bonchev–Trinajstić information content (AvgIpc) is 2.01. The summed E-state index contributed by atoms with van der Waals surface area (Å²) in [5.41, 5.74) is 4.94. The van der Waals surface area contributed by atoms with Crippen molar-refractivity contribution >= 4 is 11.5 Å². The highest BCUT2D eigenvalue weighted by Gasteiger charge is 2.22. The molecule has 0 unspecified atom stereocenters. The molecule has 0 aromatic carbocycles. The van der Waals surface area contributed by atoms with Gasteiger partial charge in [-0.05, 0) is 13.8 Å². The Bertz CT molecular complexity index is 353. The second-order valence-corrected chi connectivity index (χ2v) is 2.84. The topological polar surface area (TPSA) is 104 Å². The van der Waals surface area contributed by atoms with Crippen molar-refractivity contribution < 1.29 is 9.66 Å². The highest BCUT2D eigenvalue weighted by atomic mass is 16.6. The highest BCUT2D eigenvalue weighted by Crippen LogP contribution is 2.28. The smallest absolute Gasteiger partial charge is 0.372 e. The van der Waals surface area contributed by atoms with Crippen LogP contribution in [-0.2, 0) is 0 Å². The standard InChI is InChI=1S/C7H10N4O3/c1-4(2)14-7-5(11(12)13)6(8)9-3-10-7/h3-4H,1-2H3,(H2,8,9,10). The Morgan fingerprint density at radius 2 is 2.21 bits per heavy atom. The van der Waals surface area contributed by atoms with Crippen molar-refractivity contribution in [3.05, 3.63) is 16.4 Å². The van der Waals surface area contributed by atoms with Gasteiger partial charge in [0.15, 0.2) is 0 Å². The van der Waals surface area contributed by atoms with Crippen LogP contribution in [0.5, 0.6) is 5.88 Å². The van der Waals surface area contributed by atoms with Crippen LogP contribution >= 0.6 is 0 Å². The molecule has 7 nitrogen and oxygen atoms in total. The molecule has 0 radical (unpaired) electrons. The Morgan fingerprint density at radius 1 is 1.57 bits per heavy atom. The predicted molar refractivity (Wildman–Crippen MR) is 48.9 cm³/mol. The molecular weight excluding hydrogens is 188 g/mol. The molecule has 0 atom stereocenters. The third kappa shape index (κ3) is 2.06. The Morgan fingerprint density at radius 3 is 2.71 bits per heavy atom. The van der Waals surface area contributed by atoms with E-state index in [4.69, 9.17) is 10.5 Å². The number of ether oxygens (including phenoxy) is 1. The molecule has 2 N–H and O–H groups in total. The summed E-state index contributed by atoms with van der Waals surface area (Å²) in [6.45, 7) is 3.48. The first-order valence-corrected chi connectivity index (χ1v) is 3.94. The fourth-order valence-corrected chi connectivity index (χ4v) is 0.856. The lowest BCUT2D eigenvalue weighted by Gasteiger charge is -2.08. The molecule has 14 heavy (non-hydrogen) atoms. The lowest BCUT2D eigenvalue weighted by atomic mass is 10.4. The molecule has 1 rings (SSSR count). The van der Waals surface area contributed by atoms with Gasteiger partial charge < -0.3 is 10.5 Å². The van der Waals surface area contributed by atoms with Gasteiger partial charge in [-0.25, -0.2) is 4.98 Å². The van der Waals surface area contributed by atoms with E-state index in [1.54, 1.807) is 13.8 Å². The van der Waals surface area contributed by atoms with E-state index in [2.05, 4.69) is 9.97 Å². The van der Waals surface area contributed by atoms with Crippen molar-refractivity contribution in [1.82, 2.24) is 9.97 Å². The molecule has 1 aromatic heterocycles. The van der Waals surface area contributed by atoms with Crippen LogP contribution < -0.4 is 10.5 Å². The SMILES string of the molecule is CC(C)Oc1ncnc(N)c1[N+](=O)[O-]. The quantitative estimate of drug-likeness (QED) is 0.567. The lowest BCUT2D eigenvalue weighted by molar-refractivity contribution is -0.385. The predicted octanol–water partition coefficient (Wildman–Crippen LogP) is 0.754. The van der Waals surface area contributed by atoms with Crippen molar-refractivity contribution in [3.63, 3.8) is 0 Å². The summed E-state index contributed by atoms with van der Waals surface area (Å²) < 4.78 is 5.11. The Balaban J connectivity index is 3.14. The second-order valence-electron chi connectivity index (χ2n) is 2.84. The minimum Gasteiger partial charge on any atom is -0.470 e. The molecule has 0 aliphatic heterocycles. The van der Waals surface area contributed by atoms with Crippen LogP contribution in [0, 0.1) is 10.1 Å². The molecule has 0 bridgehead atoms. The summed E-state index contributed by atoms with van der Waals surface area (Å²) in [6.07, 6.45) is 0.919. The third-order valence-corrected chi connectivity index (χ3v) is 1.35. The van der Waals surface area contributed by atoms with Gasteiger partial charge in [-0.1, -0.05) is 0 Å². The Labute approximate surface area is 80.1 Å². The first kappa shape index (κ1) is 10.2. The van der Waals surface area contributed by atoms with E-state index in [-0.39, 0.29) is 23.5 Å². The molecule has 0 saturated carbocycles. The van der Waals surface area contributed by atoms with Crippen molar-refractivity contribution in [3.8, 4) is 5.88 Å². The number of nitrogens with zero attached hydrogens (tertiary/aromatic N) is 3. The molecule has 0 saturated heterocycles. The van der Waals surface area contributed by atoms with Crippen molar-refractivity contribution in [2.24, 2.45) is 0 Å².